The zero-order valence-electron chi connectivity index (χ0n) is 8.91. The van der Waals surface area contributed by atoms with Crippen LogP contribution < -0.4 is 16.4 Å². The fourth-order valence-corrected chi connectivity index (χ4v) is 1.00. The van der Waals surface area contributed by atoms with Crippen LogP contribution in [0.4, 0.5) is 30.8 Å². The zero-order valence-corrected chi connectivity index (χ0v) is 8.91. The van der Waals surface area contributed by atoms with Crippen LogP contribution in [-0.2, 0) is 0 Å². The van der Waals surface area contributed by atoms with Crippen LogP contribution >= 0.6 is 0 Å². The number of alkyl halides is 3. The minimum Gasteiger partial charge on any atom is -0.382 e. The van der Waals surface area contributed by atoms with Crippen LogP contribution in [0.15, 0.2) is 6.07 Å². The van der Waals surface area contributed by atoms with E-state index in [2.05, 4.69) is 20.6 Å². The van der Waals surface area contributed by atoms with Crippen molar-refractivity contribution in [1.29, 1.82) is 0 Å². The molecule has 0 aliphatic rings. The Labute approximate surface area is 95.1 Å². The molecule has 0 aliphatic carbocycles. The second-order valence-electron chi connectivity index (χ2n) is 3.18. The van der Waals surface area contributed by atoms with Crippen LogP contribution in [0.5, 0.6) is 0 Å². The molecule has 0 radical (unpaired) electrons. The third-order valence-electron chi connectivity index (χ3n) is 1.85. The number of aliphatic hydroxyl groups is 1. The molecule has 1 rings (SSSR count). The Morgan fingerprint density at radius 1 is 1.41 bits per heavy atom. The molecular weight excluding hydrogens is 239 g/mol. The first kappa shape index (κ1) is 13.3. The summed E-state index contributed by atoms with van der Waals surface area (Å²) in [4.78, 5) is 7.43. The first-order chi connectivity index (χ1) is 7.82. The van der Waals surface area contributed by atoms with Gasteiger partial charge >= 0.3 is 6.18 Å². The standard InChI is InChI=1S/C8H12F3N5O/c1-13-5-2-6(16-7(12)15-5)14-3-4(17)8(9,10)11/h2,4,17H,3H2,1H3,(H4,12,13,14,15,16). The summed E-state index contributed by atoms with van der Waals surface area (Å²) < 4.78 is 36.1. The number of rotatable bonds is 4. The van der Waals surface area contributed by atoms with E-state index in [0.29, 0.717) is 5.82 Å². The molecule has 0 spiro atoms. The second kappa shape index (κ2) is 5.04. The van der Waals surface area contributed by atoms with Crippen molar-refractivity contribution < 1.29 is 18.3 Å². The fourth-order valence-electron chi connectivity index (χ4n) is 1.00. The number of anilines is 3. The van der Waals surface area contributed by atoms with Gasteiger partial charge in [0.2, 0.25) is 5.95 Å². The van der Waals surface area contributed by atoms with Gasteiger partial charge in [0, 0.05) is 13.1 Å². The highest BCUT2D eigenvalue weighted by atomic mass is 19.4. The van der Waals surface area contributed by atoms with Gasteiger partial charge in [-0.2, -0.15) is 23.1 Å². The molecule has 17 heavy (non-hydrogen) atoms. The number of halogens is 3. The smallest absolute Gasteiger partial charge is 0.382 e. The van der Waals surface area contributed by atoms with Crippen LogP contribution in [0.2, 0.25) is 0 Å². The lowest BCUT2D eigenvalue weighted by Crippen LogP contribution is -2.35. The molecule has 9 heteroatoms. The molecule has 0 aliphatic heterocycles. The van der Waals surface area contributed by atoms with Crippen LogP contribution in [0.3, 0.4) is 0 Å². The molecule has 0 fully saturated rings. The molecule has 1 aromatic rings. The van der Waals surface area contributed by atoms with Crippen molar-refractivity contribution in [3.63, 3.8) is 0 Å². The van der Waals surface area contributed by atoms with Gasteiger partial charge in [-0.3, -0.25) is 0 Å². The van der Waals surface area contributed by atoms with Gasteiger partial charge in [0.25, 0.3) is 0 Å². The molecule has 1 unspecified atom stereocenters. The van der Waals surface area contributed by atoms with Crippen molar-refractivity contribution in [2.45, 2.75) is 12.3 Å². The topological polar surface area (TPSA) is 96.1 Å². The maximum atomic E-state index is 12.0. The number of nitrogen functional groups attached to an aromatic ring is 1. The normalized spacial score (nSPS) is 13.2. The van der Waals surface area contributed by atoms with Gasteiger partial charge < -0.3 is 21.5 Å². The lowest BCUT2D eigenvalue weighted by atomic mass is 10.3. The minimum absolute atomic E-state index is 0.0825. The van der Waals surface area contributed by atoms with Gasteiger partial charge in [-0.25, -0.2) is 0 Å². The highest BCUT2D eigenvalue weighted by Gasteiger charge is 2.37. The zero-order chi connectivity index (χ0) is 13.1. The number of nitrogens with zero attached hydrogens (tertiary/aromatic N) is 2. The van der Waals surface area contributed by atoms with Crippen molar-refractivity contribution in [3.8, 4) is 0 Å². The number of nitrogens with two attached hydrogens (primary N) is 1. The van der Waals surface area contributed by atoms with Gasteiger partial charge in [-0.15, -0.1) is 0 Å². The van der Waals surface area contributed by atoms with E-state index in [1.807, 2.05) is 0 Å². The molecule has 0 amide bonds. The second-order valence-corrected chi connectivity index (χ2v) is 3.18. The van der Waals surface area contributed by atoms with Gasteiger partial charge in [0.05, 0.1) is 6.54 Å². The first-order valence-corrected chi connectivity index (χ1v) is 4.64. The van der Waals surface area contributed by atoms with Crippen molar-refractivity contribution in [2.75, 3.05) is 30.0 Å². The first-order valence-electron chi connectivity index (χ1n) is 4.64. The lowest BCUT2D eigenvalue weighted by molar-refractivity contribution is -0.198. The van der Waals surface area contributed by atoms with Gasteiger partial charge in [-0.1, -0.05) is 0 Å². The van der Waals surface area contributed by atoms with Gasteiger partial charge in [-0.05, 0) is 0 Å². The Bertz CT molecular complexity index is 384. The number of aliphatic hydroxyl groups excluding tert-OH is 1. The maximum absolute atomic E-state index is 12.0. The summed E-state index contributed by atoms with van der Waals surface area (Å²) in [7, 11) is 1.58. The molecule has 6 nitrogen and oxygen atoms in total. The molecule has 0 aromatic carbocycles. The predicted molar refractivity (Wildman–Crippen MR) is 56.5 cm³/mol. The van der Waals surface area contributed by atoms with Crippen LogP contribution in [0, 0.1) is 0 Å². The average molecular weight is 251 g/mol. The molecular formula is C8H12F3N5O. The SMILES string of the molecule is CNc1cc(NCC(O)C(F)(F)F)nc(N)n1. The summed E-state index contributed by atoms with van der Waals surface area (Å²) in [5, 5.41) is 13.8. The van der Waals surface area contributed by atoms with E-state index in [0.717, 1.165) is 0 Å². The van der Waals surface area contributed by atoms with Crippen molar-refractivity contribution in [1.82, 2.24) is 9.97 Å². The predicted octanol–water partition coefficient (Wildman–Crippen LogP) is 0.436. The van der Waals surface area contributed by atoms with E-state index in [4.69, 9.17) is 10.8 Å². The van der Waals surface area contributed by atoms with Crippen molar-refractivity contribution in [2.24, 2.45) is 0 Å². The van der Waals surface area contributed by atoms with E-state index in [-0.39, 0.29) is 11.8 Å². The summed E-state index contributed by atoms with van der Waals surface area (Å²) in [6, 6.07) is 1.37. The number of hydrogen-bond acceptors (Lipinski definition) is 6. The van der Waals surface area contributed by atoms with E-state index >= 15 is 0 Å². The molecule has 0 bridgehead atoms. The van der Waals surface area contributed by atoms with Crippen LogP contribution in [-0.4, -0.2) is 40.9 Å². The quantitative estimate of drug-likeness (QED) is 0.620. The molecule has 96 valence electrons. The maximum Gasteiger partial charge on any atom is 0.416 e. The Hall–Kier alpha value is -1.77. The highest BCUT2D eigenvalue weighted by molar-refractivity contribution is 5.50. The Kier molecular flexibility index (Phi) is 3.94. The molecule has 1 aromatic heterocycles. The Morgan fingerprint density at radius 2 is 2.00 bits per heavy atom. The number of nitrogens with one attached hydrogen (secondary N) is 2. The number of hydrogen-bond donors (Lipinski definition) is 4. The Balaban J connectivity index is 2.66. The van der Waals surface area contributed by atoms with Crippen molar-refractivity contribution >= 4 is 17.6 Å². The molecule has 5 N–H and O–H groups in total. The van der Waals surface area contributed by atoms with Gasteiger partial charge in [0.15, 0.2) is 6.10 Å². The van der Waals surface area contributed by atoms with Crippen molar-refractivity contribution in [3.05, 3.63) is 6.07 Å². The third-order valence-corrected chi connectivity index (χ3v) is 1.85. The summed E-state index contributed by atoms with van der Waals surface area (Å²) in [6.45, 7) is -0.705. The van der Waals surface area contributed by atoms with Crippen LogP contribution in [0.1, 0.15) is 0 Å². The monoisotopic (exact) mass is 251 g/mol. The largest absolute Gasteiger partial charge is 0.416 e. The van der Waals surface area contributed by atoms with E-state index in [9.17, 15) is 13.2 Å². The molecule has 0 saturated carbocycles. The average Bonchev–Trinajstić information content (AvgIpc) is 2.23. The summed E-state index contributed by atoms with van der Waals surface area (Å²) in [5.41, 5.74) is 5.34. The van der Waals surface area contributed by atoms with E-state index in [1.165, 1.54) is 6.07 Å². The third kappa shape index (κ3) is 3.94. The lowest BCUT2D eigenvalue weighted by Gasteiger charge is -2.15. The highest BCUT2D eigenvalue weighted by Crippen LogP contribution is 2.20. The molecule has 1 atom stereocenters. The van der Waals surface area contributed by atoms with Crippen LogP contribution in [0.25, 0.3) is 0 Å². The van der Waals surface area contributed by atoms with E-state index < -0.39 is 18.8 Å². The number of aromatic nitrogens is 2. The molecule has 1 heterocycles. The summed E-state index contributed by atoms with van der Waals surface area (Å²) in [6.07, 6.45) is -7.13. The van der Waals surface area contributed by atoms with E-state index in [1.54, 1.807) is 7.05 Å². The van der Waals surface area contributed by atoms with Gasteiger partial charge in [0.1, 0.15) is 11.6 Å². The Morgan fingerprint density at radius 3 is 2.53 bits per heavy atom. The molecule has 0 saturated heterocycles. The summed E-state index contributed by atoms with van der Waals surface area (Å²) in [5.74, 6) is 0.382. The summed E-state index contributed by atoms with van der Waals surface area (Å²) >= 11 is 0. The minimum atomic E-state index is -4.67. The fraction of sp³-hybridized carbons (Fsp3) is 0.500.